The van der Waals surface area contributed by atoms with Crippen molar-refractivity contribution in [3.8, 4) is 0 Å². The van der Waals surface area contributed by atoms with Gasteiger partial charge in [-0.15, -0.1) is 0 Å². The summed E-state index contributed by atoms with van der Waals surface area (Å²) in [6.45, 7) is 12.2. The van der Waals surface area contributed by atoms with E-state index in [-0.39, 0.29) is 17.1 Å². The number of hydrogen-bond donors (Lipinski definition) is 1. The van der Waals surface area contributed by atoms with Gasteiger partial charge in [-0.05, 0) is 77.3 Å². The molecule has 0 saturated carbocycles. The molecule has 2 aromatic carbocycles. The molecule has 1 amide bonds. The smallest absolute Gasteiger partial charge is 0.408 e. The second kappa shape index (κ2) is 10.6. The predicted molar refractivity (Wildman–Crippen MR) is 131 cm³/mol. The molecule has 0 aliphatic heterocycles. The minimum Gasteiger partial charge on any atom is -0.458 e. The zero-order valence-electron chi connectivity index (χ0n) is 21.0. The molecule has 1 N–H and O–H groups in total. The summed E-state index contributed by atoms with van der Waals surface area (Å²) in [5.41, 5.74) is 0.576. The number of esters is 1. The summed E-state index contributed by atoms with van der Waals surface area (Å²) in [6, 6.07) is 12.7. The van der Waals surface area contributed by atoms with E-state index in [1.54, 1.807) is 84.0 Å². The third-order valence-corrected chi connectivity index (χ3v) is 6.37. The Morgan fingerprint density at radius 1 is 0.912 bits per heavy atom. The van der Waals surface area contributed by atoms with E-state index in [0.29, 0.717) is 11.1 Å². The largest absolute Gasteiger partial charge is 0.458 e. The van der Waals surface area contributed by atoms with Crippen LogP contribution in [0.5, 0.6) is 0 Å². The first-order chi connectivity index (χ1) is 15.6. The van der Waals surface area contributed by atoms with Gasteiger partial charge in [-0.25, -0.2) is 18.0 Å². The van der Waals surface area contributed by atoms with E-state index in [4.69, 9.17) is 9.47 Å². The van der Waals surface area contributed by atoms with Crippen molar-refractivity contribution < 1.29 is 27.5 Å². The summed E-state index contributed by atoms with van der Waals surface area (Å²) >= 11 is 0. The highest BCUT2D eigenvalue weighted by Gasteiger charge is 2.30. The molecule has 8 heteroatoms. The van der Waals surface area contributed by atoms with Gasteiger partial charge in [0.15, 0.2) is 9.84 Å². The highest BCUT2D eigenvalue weighted by molar-refractivity contribution is 7.90. The number of carbonyl (C=O) groups excluding carboxylic acids is 2. The summed E-state index contributed by atoms with van der Waals surface area (Å²) in [5, 5.41) is 2.58. The lowest BCUT2D eigenvalue weighted by molar-refractivity contribution is -0.157. The number of carbonyl (C=O) groups is 2. The fourth-order valence-corrected chi connectivity index (χ4v) is 4.57. The van der Waals surface area contributed by atoms with E-state index >= 15 is 0 Å². The van der Waals surface area contributed by atoms with Gasteiger partial charge in [0.25, 0.3) is 0 Å². The summed E-state index contributed by atoms with van der Waals surface area (Å²) in [5.74, 6) is -0.766. The number of hydrogen-bond acceptors (Lipinski definition) is 6. The molecule has 34 heavy (non-hydrogen) atoms. The number of rotatable bonds is 7. The molecular formula is C26H35NO6S. The molecule has 0 aliphatic carbocycles. The van der Waals surface area contributed by atoms with Gasteiger partial charge in [-0.3, -0.25) is 0 Å². The second-order valence-electron chi connectivity index (χ2n) is 10.3. The monoisotopic (exact) mass is 489 g/mol. The lowest BCUT2D eigenvalue weighted by Gasteiger charge is -2.26. The lowest BCUT2D eigenvalue weighted by atomic mass is 10.0. The highest BCUT2D eigenvalue weighted by atomic mass is 32.2. The average molecular weight is 490 g/mol. The standard InChI is InChI=1S/C26H35NO6S/c1-18-13-14-21(34(30,31)17-19-11-9-8-10-12-19)15-20(18)16-22(23(28)32-25(2,3)4)27-24(29)33-26(5,6)7/h8-15,22H,16-17H2,1-7H3,(H,27,29)/t22-/m0/s1. The van der Waals surface area contributed by atoms with E-state index in [9.17, 15) is 18.0 Å². The van der Waals surface area contributed by atoms with Gasteiger partial charge in [-0.2, -0.15) is 0 Å². The molecule has 0 spiro atoms. The maximum absolute atomic E-state index is 13.0. The van der Waals surface area contributed by atoms with Crippen molar-refractivity contribution in [1.82, 2.24) is 5.32 Å². The zero-order valence-corrected chi connectivity index (χ0v) is 21.8. The van der Waals surface area contributed by atoms with Gasteiger partial charge >= 0.3 is 12.1 Å². The van der Waals surface area contributed by atoms with E-state index in [2.05, 4.69) is 5.32 Å². The Bertz CT molecular complexity index is 1110. The van der Waals surface area contributed by atoms with Crippen molar-refractivity contribution in [2.45, 2.75) is 82.8 Å². The van der Waals surface area contributed by atoms with Crippen molar-refractivity contribution in [2.75, 3.05) is 0 Å². The van der Waals surface area contributed by atoms with Gasteiger partial charge < -0.3 is 14.8 Å². The van der Waals surface area contributed by atoms with Crippen LogP contribution in [0.1, 0.15) is 58.2 Å². The summed E-state index contributed by atoms with van der Waals surface area (Å²) in [4.78, 5) is 25.4. The molecule has 0 radical (unpaired) electrons. The molecule has 0 fully saturated rings. The Balaban J connectivity index is 2.34. The first-order valence-electron chi connectivity index (χ1n) is 11.1. The van der Waals surface area contributed by atoms with Crippen LogP contribution in [0.3, 0.4) is 0 Å². The Kier molecular flexibility index (Phi) is 8.53. The third-order valence-electron chi connectivity index (χ3n) is 4.69. The maximum atomic E-state index is 13.0. The van der Waals surface area contributed by atoms with Crippen molar-refractivity contribution >= 4 is 21.9 Å². The number of ether oxygens (including phenoxy) is 2. The molecule has 2 aromatic rings. The van der Waals surface area contributed by atoms with E-state index < -0.39 is 39.1 Å². The maximum Gasteiger partial charge on any atom is 0.408 e. The van der Waals surface area contributed by atoms with Crippen LogP contribution >= 0.6 is 0 Å². The quantitative estimate of drug-likeness (QED) is 0.564. The molecule has 0 bridgehead atoms. The number of alkyl carbamates (subject to hydrolysis) is 1. The summed E-state index contributed by atoms with van der Waals surface area (Å²) < 4.78 is 36.9. The van der Waals surface area contributed by atoms with Crippen LogP contribution in [-0.2, 0) is 36.3 Å². The molecule has 0 heterocycles. The first kappa shape index (κ1) is 27.4. The molecule has 2 rings (SSSR count). The molecule has 0 aromatic heterocycles. The third kappa shape index (κ3) is 8.82. The Labute approximate surface area is 202 Å². The molecule has 0 saturated heterocycles. The van der Waals surface area contributed by atoms with Crippen LogP contribution in [0.15, 0.2) is 53.4 Å². The molecule has 1 atom stereocenters. The molecule has 0 aliphatic rings. The second-order valence-corrected chi connectivity index (χ2v) is 12.3. The minimum absolute atomic E-state index is 0.0503. The molecule has 0 unspecified atom stereocenters. The SMILES string of the molecule is Cc1ccc(S(=O)(=O)Cc2ccccc2)cc1C[C@H](NC(=O)OC(C)(C)C)C(=O)OC(C)(C)C. The number of nitrogens with one attached hydrogen (secondary N) is 1. The molecule has 186 valence electrons. The number of amides is 1. The molecule has 7 nitrogen and oxygen atoms in total. The minimum atomic E-state index is -3.61. The van der Waals surface area contributed by atoms with Gasteiger partial charge in [0, 0.05) is 6.42 Å². The van der Waals surface area contributed by atoms with Gasteiger partial charge in [-0.1, -0.05) is 36.4 Å². The van der Waals surface area contributed by atoms with Crippen molar-refractivity contribution in [3.63, 3.8) is 0 Å². The number of benzene rings is 2. The topological polar surface area (TPSA) is 98.8 Å². The van der Waals surface area contributed by atoms with E-state index in [0.717, 1.165) is 5.56 Å². The Morgan fingerprint density at radius 3 is 2.06 bits per heavy atom. The van der Waals surface area contributed by atoms with Crippen LogP contribution in [0.25, 0.3) is 0 Å². The van der Waals surface area contributed by atoms with Crippen molar-refractivity contribution in [1.29, 1.82) is 0 Å². The predicted octanol–water partition coefficient (Wildman–Crippen LogP) is 4.75. The fourth-order valence-electron chi connectivity index (χ4n) is 3.17. The van der Waals surface area contributed by atoms with Gasteiger partial charge in [0.2, 0.25) is 0 Å². The van der Waals surface area contributed by atoms with Crippen LogP contribution in [0.2, 0.25) is 0 Å². The summed E-state index contributed by atoms with van der Waals surface area (Å²) in [6.07, 6.45) is -0.705. The zero-order chi connectivity index (χ0) is 25.7. The van der Waals surface area contributed by atoms with Crippen LogP contribution in [-0.4, -0.2) is 37.7 Å². The van der Waals surface area contributed by atoms with Gasteiger partial charge in [0.05, 0.1) is 10.6 Å². The van der Waals surface area contributed by atoms with E-state index in [1.165, 1.54) is 0 Å². The Hall–Kier alpha value is -2.87. The normalized spacial score (nSPS) is 13.1. The van der Waals surface area contributed by atoms with Crippen LogP contribution in [0.4, 0.5) is 4.79 Å². The van der Waals surface area contributed by atoms with E-state index in [1.807, 2.05) is 13.0 Å². The van der Waals surface area contributed by atoms with Crippen LogP contribution in [0, 0.1) is 6.92 Å². The average Bonchev–Trinajstić information content (AvgIpc) is 2.66. The molecular weight excluding hydrogens is 454 g/mol. The van der Waals surface area contributed by atoms with Gasteiger partial charge in [0.1, 0.15) is 17.2 Å². The Morgan fingerprint density at radius 2 is 1.50 bits per heavy atom. The summed E-state index contributed by atoms with van der Waals surface area (Å²) in [7, 11) is -3.61. The van der Waals surface area contributed by atoms with Crippen LogP contribution < -0.4 is 5.32 Å². The number of sulfone groups is 1. The number of aryl methyl sites for hydroxylation is 1. The fraction of sp³-hybridized carbons (Fsp3) is 0.462. The van der Waals surface area contributed by atoms with Crippen molar-refractivity contribution in [2.24, 2.45) is 0 Å². The first-order valence-corrected chi connectivity index (χ1v) is 12.8. The highest BCUT2D eigenvalue weighted by Crippen LogP contribution is 2.22. The lowest BCUT2D eigenvalue weighted by Crippen LogP contribution is -2.47. The van der Waals surface area contributed by atoms with Crippen molar-refractivity contribution in [3.05, 3.63) is 65.2 Å².